The van der Waals surface area contributed by atoms with E-state index >= 15 is 0 Å². The number of fused-ring (bicyclic) bond motifs is 1. The molecule has 0 unspecified atom stereocenters. The van der Waals surface area contributed by atoms with Crippen molar-refractivity contribution in [3.8, 4) is 11.5 Å². The molecule has 0 radical (unpaired) electrons. The zero-order chi connectivity index (χ0) is 14.9. The van der Waals surface area contributed by atoms with Gasteiger partial charge < -0.3 is 19.0 Å². The lowest BCUT2D eigenvalue weighted by atomic mass is 10.3. The molecular weight excluding hydrogens is 298 g/mol. The second-order valence-corrected chi connectivity index (χ2v) is 5.96. The summed E-state index contributed by atoms with van der Waals surface area (Å²) >= 11 is 0. The first kappa shape index (κ1) is 13.8. The highest BCUT2D eigenvalue weighted by Gasteiger charge is 2.20. The fourth-order valence-corrected chi connectivity index (χ4v) is 2.90. The first-order chi connectivity index (χ1) is 10.1. The standard InChI is InChI=1S/C13H13NO6S/c15-8-10-2-4-13(20-10)21(16,17)14-9-1-3-11-12(7-9)19-6-5-18-11/h1-4,7,14-15H,5-6,8H2. The van der Waals surface area contributed by atoms with Gasteiger partial charge in [-0.05, 0) is 24.3 Å². The van der Waals surface area contributed by atoms with Gasteiger partial charge in [-0.15, -0.1) is 0 Å². The number of anilines is 1. The number of hydrogen-bond donors (Lipinski definition) is 2. The second kappa shape index (κ2) is 5.30. The Balaban J connectivity index is 1.85. The molecule has 1 aromatic heterocycles. The molecule has 1 aliphatic heterocycles. The second-order valence-electron chi connectivity index (χ2n) is 4.34. The zero-order valence-electron chi connectivity index (χ0n) is 10.9. The molecule has 0 amide bonds. The molecule has 0 spiro atoms. The number of rotatable bonds is 4. The Morgan fingerprint density at radius 1 is 1.10 bits per heavy atom. The lowest BCUT2D eigenvalue weighted by Gasteiger charge is -2.19. The molecule has 0 bridgehead atoms. The molecule has 0 saturated carbocycles. The number of furan rings is 1. The molecule has 0 aliphatic carbocycles. The van der Waals surface area contributed by atoms with E-state index in [0.29, 0.717) is 30.4 Å². The van der Waals surface area contributed by atoms with Gasteiger partial charge in [-0.3, -0.25) is 4.72 Å². The minimum atomic E-state index is -3.85. The molecule has 0 atom stereocenters. The van der Waals surface area contributed by atoms with Crippen LogP contribution < -0.4 is 14.2 Å². The summed E-state index contributed by atoms with van der Waals surface area (Å²) in [5.41, 5.74) is 0.334. The summed E-state index contributed by atoms with van der Waals surface area (Å²) in [7, 11) is -3.85. The highest BCUT2D eigenvalue weighted by atomic mass is 32.2. The van der Waals surface area contributed by atoms with Crippen LogP contribution in [0.2, 0.25) is 0 Å². The predicted molar refractivity (Wildman–Crippen MR) is 72.9 cm³/mol. The fraction of sp³-hybridized carbons (Fsp3) is 0.231. The molecule has 21 heavy (non-hydrogen) atoms. The molecule has 3 rings (SSSR count). The normalized spacial score (nSPS) is 14.0. The van der Waals surface area contributed by atoms with Crippen LogP contribution in [0, 0.1) is 0 Å². The monoisotopic (exact) mass is 311 g/mol. The van der Waals surface area contributed by atoms with Crippen LogP contribution in [0.5, 0.6) is 11.5 Å². The largest absolute Gasteiger partial charge is 0.486 e. The minimum absolute atomic E-state index is 0.178. The van der Waals surface area contributed by atoms with Crippen molar-refractivity contribution in [2.45, 2.75) is 11.7 Å². The Morgan fingerprint density at radius 3 is 2.57 bits per heavy atom. The van der Waals surface area contributed by atoms with Crippen molar-refractivity contribution in [2.24, 2.45) is 0 Å². The maximum atomic E-state index is 12.1. The van der Waals surface area contributed by atoms with Crippen molar-refractivity contribution >= 4 is 15.7 Å². The maximum Gasteiger partial charge on any atom is 0.295 e. The van der Waals surface area contributed by atoms with Crippen molar-refractivity contribution in [1.29, 1.82) is 0 Å². The molecule has 2 aromatic rings. The number of aliphatic hydroxyl groups excluding tert-OH is 1. The van der Waals surface area contributed by atoms with Crippen LogP contribution in [0.4, 0.5) is 5.69 Å². The molecular formula is C13H13NO6S. The summed E-state index contributed by atoms with van der Waals surface area (Å²) in [6.07, 6.45) is 0. The van der Waals surface area contributed by atoms with Crippen LogP contribution in [-0.2, 0) is 16.6 Å². The minimum Gasteiger partial charge on any atom is -0.486 e. The topological polar surface area (TPSA) is 98.0 Å². The Kier molecular flexibility index (Phi) is 3.48. The summed E-state index contributed by atoms with van der Waals surface area (Å²) < 4.78 is 42.4. The van der Waals surface area contributed by atoms with Gasteiger partial charge in [0.15, 0.2) is 11.5 Å². The summed E-state index contributed by atoms with van der Waals surface area (Å²) in [6.45, 7) is 0.523. The van der Waals surface area contributed by atoms with E-state index in [1.165, 1.54) is 12.1 Å². The Labute approximate surface area is 121 Å². The SMILES string of the molecule is O=S(=O)(Nc1ccc2c(c1)OCCO2)c1ccc(CO)o1. The first-order valence-corrected chi connectivity index (χ1v) is 7.69. The van der Waals surface area contributed by atoms with E-state index in [0.717, 1.165) is 0 Å². The number of hydrogen-bond acceptors (Lipinski definition) is 6. The van der Waals surface area contributed by atoms with Crippen LogP contribution in [0.25, 0.3) is 0 Å². The van der Waals surface area contributed by atoms with Gasteiger partial charge in [0.25, 0.3) is 10.0 Å². The molecule has 0 fully saturated rings. The summed E-state index contributed by atoms with van der Waals surface area (Å²) in [4.78, 5) is 0. The van der Waals surface area contributed by atoms with Gasteiger partial charge in [-0.25, -0.2) is 0 Å². The van der Waals surface area contributed by atoms with Crippen molar-refractivity contribution in [2.75, 3.05) is 17.9 Å². The van der Waals surface area contributed by atoms with E-state index in [1.807, 2.05) is 0 Å². The van der Waals surface area contributed by atoms with Gasteiger partial charge in [0.1, 0.15) is 25.6 Å². The molecule has 7 nitrogen and oxygen atoms in total. The number of sulfonamides is 1. The lowest BCUT2D eigenvalue weighted by molar-refractivity contribution is 0.171. The third kappa shape index (κ3) is 2.81. The van der Waals surface area contributed by atoms with Gasteiger partial charge in [0, 0.05) is 6.07 Å². The summed E-state index contributed by atoms with van der Waals surface area (Å²) in [5.74, 6) is 1.24. The van der Waals surface area contributed by atoms with Gasteiger partial charge >= 0.3 is 0 Å². The Morgan fingerprint density at radius 2 is 1.86 bits per heavy atom. The van der Waals surface area contributed by atoms with Crippen molar-refractivity contribution < 1.29 is 27.4 Å². The molecule has 2 N–H and O–H groups in total. The van der Waals surface area contributed by atoms with Crippen LogP contribution >= 0.6 is 0 Å². The van der Waals surface area contributed by atoms with E-state index in [2.05, 4.69) is 4.72 Å². The van der Waals surface area contributed by atoms with E-state index in [1.54, 1.807) is 18.2 Å². The first-order valence-electron chi connectivity index (χ1n) is 6.20. The molecule has 1 aromatic carbocycles. The summed E-state index contributed by atoms with van der Waals surface area (Å²) in [5, 5.41) is 8.64. The van der Waals surface area contributed by atoms with Crippen molar-refractivity contribution in [3.63, 3.8) is 0 Å². The van der Waals surface area contributed by atoms with E-state index in [4.69, 9.17) is 19.0 Å². The number of ether oxygens (including phenoxy) is 2. The third-order valence-electron chi connectivity index (χ3n) is 2.85. The highest BCUT2D eigenvalue weighted by molar-refractivity contribution is 7.92. The van der Waals surface area contributed by atoms with Gasteiger partial charge in [-0.1, -0.05) is 0 Å². The third-order valence-corrected chi connectivity index (χ3v) is 4.11. The molecule has 0 saturated heterocycles. The number of aliphatic hydroxyl groups is 1. The van der Waals surface area contributed by atoms with Gasteiger partial charge in [0.2, 0.25) is 5.09 Å². The number of benzene rings is 1. The number of nitrogens with one attached hydrogen (secondary N) is 1. The molecule has 8 heteroatoms. The Hall–Kier alpha value is -2.19. The van der Waals surface area contributed by atoms with E-state index in [9.17, 15) is 8.42 Å². The van der Waals surface area contributed by atoms with Crippen LogP contribution in [-0.4, -0.2) is 26.7 Å². The molecule has 2 heterocycles. The van der Waals surface area contributed by atoms with Crippen LogP contribution in [0.3, 0.4) is 0 Å². The smallest absolute Gasteiger partial charge is 0.295 e. The van der Waals surface area contributed by atoms with Crippen LogP contribution in [0.1, 0.15) is 5.76 Å². The Bertz CT molecular complexity index is 752. The van der Waals surface area contributed by atoms with E-state index in [-0.39, 0.29) is 17.5 Å². The molecule has 1 aliphatic rings. The average molecular weight is 311 g/mol. The summed E-state index contributed by atoms with van der Waals surface area (Å²) in [6, 6.07) is 7.43. The fourth-order valence-electron chi connectivity index (χ4n) is 1.90. The van der Waals surface area contributed by atoms with Gasteiger partial charge in [0.05, 0.1) is 5.69 Å². The average Bonchev–Trinajstić information content (AvgIpc) is 2.96. The van der Waals surface area contributed by atoms with Crippen molar-refractivity contribution in [1.82, 2.24) is 0 Å². The quantitative estimate of drug-likeness (QED) is 0.884. The van der Waals surface area contributed by atoms with Crippen molar-refractivity contribution in [3.05, 3.63) is 36.1 Å². The van der Waals surface area contributed by atoms with Gasteiger partial charge in [-0.2, -0.15) is 8.42 Å². The highest BCUT2D eigenvalue weighted by Crippen LogP contribution is 2.33. The van der Waals surface area contributed by atoms with Crippen LogP contribution in [0.15, 0.2) is 39.8 Å². The maximum absolute atomic E-state index is 12.1. The van der Waals surface area contributed by atoms with E-state index < -0.39 is 10.0 Å². The lowest BCUT2D eigenvalue weighted by Crippen LogP contribution is -2.16. The zero-order valence-corrected chi connectivity index (χ0v) is 11.7. The molecule has 112 valence electrons. The predicted octanol–water partition coefficient (Wildman–Crippen LogP) is 1.34.